The summed E-state index contributed by atoms with van der Waals surface area (Å²) in [6.07, 6.45) is 0.279. The Kier molecular flexibility index (Phi) is 5.89. The van der Waals surface area contributed by atoms with E-state index in [1.54, 1.807) is 0 Å². The second-order valence-electron chi connectivity index (χ2n) is 4.33. The number of hydrogen-bond acceptors (Lipinski definition) is 6. The van der Waals surface area contributed by atoms with E-state index in [1.165, 1.54) is 24.3 Å². The van der Waals surface area contributed by atoms with Gasteiger partial charge in [0.1, 0.15) is 0 Å². The van der Waals surface area contributed by atoms with Crippen molar-refractivity contribution in [1.29, 1.82) is 0 Å². The molecule has 0 spiro atoms. The van der Waals surface area contributed by atoms with Crippen LogP contribution in [0.25, 0.3) is 0 Å². The molecule has 0 aliphatic carbocycles. The van der Waals surface area contributed by atoms with Gasteiger partial charge < -0.3 is 20.6 Å². The van der Waals surface area contributed by atoms with Gasteiger partial charge in [-0.25, -0.2) is 8.42 Å². The third kappa shape index (κ3) is 4.88. The highest BCUT2D eigenvalue weighted by atomic mass is 32.2. The summed E-state index contributed by atoms with van der Waals surface area (Å²) in [7, 11) is -3.24. The molecule has 1 unspecified atom stereocenters. The van der Waals surface area contributed by atoms with E-state index in [1.807, 2.05) is 0 Å². The van der Waals surface area contributed by atoms with Crippen molar-refractivity contribution in [2.75, 3.05) is 26.0 Å². The molecule has 108 valence electrons. The van der Waals surface area contributed by atoms with Gasteiger partial charge in [0.15, 0.2) is 9.84 Å². The Hall–Kier alpha value is -0.990. The second kappa shape index (κ2) is 6.97. The van der Waals surface area contributed by atoms with E-state index in [0.717, 1.165) is 6.26 Å². The van der Waals surface area contributed by atoms with E-state index in [-0.39, 0.29) is 24.7 Å². The molecular weight excluding hydrogens is 270 g/mol. The van der Waals surface area contributed by atoms with Crippen LogP contribution in [0.4, 0.5) is 0 Å². The van der Waals surface area contributed by atoms with Crippen molar-refractivity contribution in [2.24, 2.45) is 0 Å². The molecule has 0 aliphatic rings. The molecular formula is C12H19NO5S. The third-order valence-corrected chi connectivity index (χ3v) is 3.86. The van der Waals surface area contributed by atoms with Crippen molar-refractivity contribution in [2.45, 2.75) is 17.0 Å². The van der Waals surface area contributed by atoms with Gasteiger partial charge in [-0.05, 0) is 17.7 Å². The maximum absolute atomic E-state index is 11.3. The molecule has 1 rings (SSSR count). The molecule has 1 atom stereocenters. The minimum atomic E-state index is -3.24. The summed E-state index contributed by atoms with van der Waals surface area (Å²) in [5, 5.41) is 30.4. The molecule has 0 saturated heterocycles. The largest absolute Gasteiger partial charge is 0.395 e. The fourth-order valence-electron chi connectivity index (χ4n) is 1.52. The smallest absolute Gasteiger partial charge is 0.175 e. The zero-order valence-electron chi connectivity index (χ0n) is 10.7. The molecule has 0 heterocycles. The van der Waals surface area contributed by atoms with E-state index in [0.29, 0.717) is 5.56 Å². The fraction of sp³-hybridized carbons (Fsp3) is 0.500. The summed E-state index contributed by atoms with van der Waals surface area (Å²) in [5.41, 5.74) is 0.564. The molecule has 1 aromatic carbocycles. The molecule has 6 nitrogen and oxygen atoms in total. The number of aliphatic hydroxyl groups is 3. The Balaban J connectivity index is 2.65. The first-order chi connectivity index (χ1) is 8.88. The molecule has 4 N–H and O–H groups in total. The lowest BCUT2D eigenvalue weighted by molar-refractivity contribution is 0.135. The summed E-state index contributed by atoms with van der Waals surface area (Å²) in [6.45, 7) is -0.295. The Morgan fingerprint density at radius 3 is 2.11 bits per heavy atom. The second-order valence-corrected chi connectivity index (χ2v) is 6.34. The minimum Gasteiger partial charge on any atom is -0.395 e. The standard InChI is InChI=1S/C12H19NO5S/c1-19(17,18)11-4-2-9(3-5-11)12(16)6-13-10(7-14)8-15/h2-5,10,12-16H,6-8H2,1H3. The zero-order valence-corrected chi connectivity index (χ0v) is 11.5. The molecule has 0 fully saturated rings. The first-order valence-electron chi connectivity index (χ1n) is 5.81. The van der Waals surface area contributed by atoms with E-state index in [4.69, 9.17) is 10.2 Å². The molecule has 0 aliphatic heterocycles. The highest BCUT2D eigenvalue weighted by Gasteiger charge is 2.12. The number of aliphatic hydroxyl groups excluding tert-OH is 3. The number of hydrogen-bond donors (Lipinski definition) is 4. The SMILES string of the molecule is CS(=O)(=O)c1ccc(C(O)CNC(CO)CO)cc1. The van der Waals surface area contributed by atoms with Crippen LogP contribution in [0.1, 0.15) is 11.7 Å². The van der Waals surface area contributed by atoms with Crippen molar-refractivity contribution >= 4 is 9.84 Å². The van der Waals surface area contributed by atoms with E-state index >= 15 is 0 Å². The average Bonchev–Trinajstić information content (AvgIpc) is 2.39. The van der Waals surface area contributed by atoms with Crippen LogP contribution < -0.4 is 5.32 Å². The first kappa shape index (κ1) is 16.1. The van der Waals surface area contributed by atoms with Gasteiger partial charge in [0.25, 0.3) is 0 Å². The van der Waals surface area contributed by atoms with Gasteiger partial charge in [-0.15, -0.1) is 0 Å². The van der Waals surface area contributed by atoms with Gasteiger partial charge in [0.2, 0.25) is 0 Å². The fourth-order valence-corrected chi connectivity index (χ4v) is 2.15. The van der Waals surface area contributed by atoms with Crippen LogP contribution >= 0.6 is 0 Å². The Bertz CT molecular complexity index is 481. The molecule has 1 aromatic rings. The predicted molar refractivity (Wildman–Crippen MR) is 70.5 cm³/mol. The summed E-state index contributed by atoms with van der Waals surface area (Å²) in [4.78, 5) is 0.194. The number of nitrogens with one attached hydrogen (secondary N) is 1. The monoisotopic (exact) mass is 289 g/mol. The first-order valence-corrected chi connectivity index (χ1v) is 7.70. The number of benzene rings is 1. The molecule has 0 aromatic heterocycles. The van der Waals surface area contributed by atoms with E-state index in [9.17, 15) is 13.5 Å². The van der Waals surface area contributed by atoms with Crippen molar-refractivity contribution in [3.05, 3.63) is 29.8 Å². The summed E-state index contributed by atoms with van der Waals surface area (Å²) < 4.78 is 22.6. The van der Waals surface area contributed by atoms with Crippen LogP contribution in [0, 0.1) is 0 Å². The topological polar surface area (TPSA) is 107 Å². The van der Waals surface area contributed by atoms with Crippen LogP contribution in [0.3, 0.4) is 0 Å². The zero-order chi connectivity index (χ0) is 14.5. The lowest BCUT2D eigenvalue weighted by atomic mass is 10.1. The maximum atomic E-state index is 11.3. The number of rotatable bonds is 7. The Morgan fingerprint density at radius 2 is 1.68 bits per heavy atom. The Morgan fingerprint density at radius 1 is 1.16 bits per heavy atom. The molecule has 0 amide bonds. The highest BCUT2D eigenvalue weighted by molar-refractivity contribution is 7.90. The lowest BCUT2D eigenvalue weighted by Crippen LogP contribution is -2.38. The van der Waals surface area contributed by atoms with Crippen molar-refractivity contribution in [1.82, 2.24) is 5.32 Å². The molecule has 0 radical (unpaired) electrons. The average molecular weight is 289 g/mol. The number of sulfone groups is 1. The van der Waals surface area contributed by atoms with Crippen molar-refractivity contribution in [3.63, 3.8) is 0 Å². The summed E-state index contributed by atoms with van der Waals surface area (Å²) in [5.74, 6) is 0. The van der Waals surface area contributed by atoms with E-state index < -0.39 is 22.0 Å². The highest BCUT2D eigenvalue weighted by Crippen LogP contribution is 2.16. The quantitative estimate of drug-likeness (QED) is 0.516. The normalized spacial score (nSPS) is 13.7. The molecule has 0 saturated carbocycles. The predicted octanol–water partition coefficient (Wildman–Crippen LogP) is -0.934. The minimum absolute atomic E-state index is 0.157. The van der Waals surface area contributed by atoms with Gasteiger partial charge in [-0.3, -0.25) is 0 Å². The van der Waals surface area contributed by atoms with E-state index in [2.05, 4.69) is 5.32 Å². The van der Waals surface area contributed by atoms with Crippen LogP contribution in [0.5, 0.6) is 0 Å². The summed E-state index contributed by atoms with van der Waals surface area (Å²) >= 11 is 0. The molecule has 19 heavy (non-hydrogen) atoms. The van der Waals surface area contributed by atoms with Gasteiger partial charge in [-0.2, -0.15) is 0 Å². The maximum Gasteiger partial charge on any atom is 0.175 e. The van der Waals surface area contributed by atoms with Gasteiger partial charge in [-0.1, -0.05) is 12.1 Å². The molecule has 7 heteroatoms. The Labute approximate surface area is 112 Å². The van der Waals surface area contributed by atoms with Crippen LogP contribution in [-0.4, -0.2) is 55.8 Å². The van der Waals surface area contributed by atoms with Crippen LogP contribution in [-0.2, 0) is 9.84 Å². The summed E-state index contributed by atoms with van der Waals surface area (Å²) in [6, 6.07) is 5.46. The van der Waals surface area contributed by atoms with Crippen LogP contribution in [0.2, 0.25) is 0 Å². The van der Waals surface area contributed by atoms with Gasteiger partial charge in [0.05, 0.1) is 30.3 Å². The van der Waals surface area contributed by atoms with Crippen LogP contribution in [0.15, 0.2) is 29.2 Å². The van der Waals surface area contributed by atoms with Gasteiger partial charge >= 0.3 is 0 Å². The van der Waals surface area contributed by atoms with Gasteiger partial charge in [0, 0.05) is 12.8 Å². The lowest BCUT2D eigenvalue weighted by Gasteiger charge is -2.17. The third-order valence-electron chi connectivity index (χ3n) is 2.73. The van der Waals surface area contributed by atoms with Crippen molar-refractivity contribution < 1.29 is 23.7 Å². The van der Waals surface area contributed by atoms with Crippen molar-refractivity contribution in [3.8, 4) is 0 Å². The molecule has 0 bridgehead atoms.